The Kier molecular flexibility index (Phi) is 4.12. The zero-order chi connectivity index (χ0) is 9.84. The molecule has 13 heavy (non-hydrogen) atoms. The Morgan fingerprint density at radius 2 is 1.92 bits per heavy atom. The van der Waals surface area contributed by atoms with Crippen molar-refractivity contribution in [2.24, 2.45) is 0 Å². The molecule has 0 aromatic carbocycles. The Labute approximate surface area is 78.1 Å². The van der Waals surface area contributed by atoms with E-state index >= 15 is 0 Å². The van der Waals surface area contributed by atoms with Crippen molar-refractivity contribution < 1.29 is 20.1 Å². The predicted molar refractivity (Wildman–Crippen MR) is 47.3 cm³/mol. The highest BCUT2D eigenvalue weighted by Gasteiger charge is 2.35. The minimum atomic E-state index is -0.856. The highest BCUT2D eigenvalue weighted by Crippen LogP contribution is 2.22. The van der Waals surface area contributed by atoms with Crippen molar-refractivity contribution in [2.45, 2.75) is 50.6 Å². The normalized spacial score (nSPS) is 40.6. The molecule has 3 N–H and O–H groups in total. The summed E-state index contributed by atoms with van der Waals surface area (Å²) in [4.78, 5) is 0. The van der Waals surface area contributed by atoms with Crippen molar-refractivity contribution in [2.75, 3.05) is 6.61 Å². The molecule has 0 unspecified atom stereocenters. The maximum absolute atomic E-state index is 9.50. The van der Waals surface area contributed by atoms with Gasteiger partial charge in [-0.2, -0.15) is 0 Å². The van der Waals surface area contributed by atoms with Crippen molar-refractivity contribution >= 4 is 0 Å². The summed E-state index contributed by atoms with van der Waals surface area (Å²) in [6, 6.07) is 0. The molecular formula is C9H18O4. The molecule has 1 rings (SSSR count). The maximum Gasteiger partial charge on any atom is 0.106 e. The standard InChI is InChI=1S/C9H18O4/c1-2-3-13-8-5-6(10)4-7(11)9(8)12/h6-12H,2-5H2,1H3/t6-,7-,8-,9-/m1/s1. The van der Waals surface area contributed by atoms with Gasteiger partial charge >= 0.3 is 0 Å². The molecule has 0 aromatic rings. The van der Waals surface area contributed by atoms with Crippen LogP contribution in [0.2, 0.25) is 0 Å². The summed E-state index contributed by atoms with van der Waals surface area (Å²) in [6.07, 6.45) is -1.15. The van der Waals surface area contributed by atoms with Crippen LogP contribution < -0.4 is 0 Å². The quantitative estimate of drug-likeness (QED) is 0.569. The molecule has 0 radical (unpaired) electrons. The average Bonchev–Trinajstić information content (AvgIpc) is 2.09. The van der Waals surface area contributed by atoms with Crippen molar-refractivity contribution in [1.29, 1.82) is 0 Å². The molecule has 0 aromatic heterocycles. The third kappa shape index (κ3) is 2.91. The summed E-state index contributed by atoms with van der Waals surface area (Å²) in [6.45, 7) is 2.53. The van der Waals surface area contributed by atoms with Gasteiger partial charge in [0, 0.05) is 19.4 Å². The van der Waals surface area contributed by atoms with Gasteiger partial charge in [-0.05, 0) is 6.42 Å². The fraction of sp³-hybridized carbons (Fsp3) is 1.00. The molecule has 1 fully saturated rings. The molecule has 78 valence electrons. The Bertz CT molecular complexity index is 151. The topological polar surface area (TPSA) is 69.9 Å². The van der Waals surface area contributed by atoms with Gasteiger partial charge in [0.15, 0.2) is 0 Å². The monoisotopic (exact) mass is 190 g/mol. The number of rotatable bonds is 3. The molecule has 4 nitrogen and oxygen atoms in total. The number of ether oxygens (including phenoxy) is 1. The van der Waals surface area contributed by atoms with Crippen LogP contribution in [0.4, 0.5) is 0 Å². The Morgan fingerprint density at radius 3 is 2.54 bits per heavy atom. The predicted octanol–water partition coefficient (Wildman–Crippen LogP) is -0.342. The van der Waals surface area contributed by atoms with Gasteiger partial charge in [0.05, 0.1) is 18.3 Å². The molecule has 0 amide bonds. The lowest BCUT2D eigenvalue weighted by molar-refractivity contribution is -0.139. The van der Waals surface area contributed by atoms with Gasteiger partial charge in [0.2, 0.25) is 0 Å². The number of aliphatic hydroxyl groups is 3. The van der Waals surface area contributed by atoms with Gasteiger partial charge in [-0.3, -0.25) is 0 Å². The number of hydrogen-bond donors (Lipinski definition) is 3. The van der Waals surface area contributed by atoms with Crippen LogP contribution >= 0.6 is 0 Å². The van der Waals surface area contributed by atoms with E-state index in [2.05, 4.69) is 0 Å². The lowest BCUT2D eigenvalue weighted by Crippen LogP contribution is -2.47. The van der Waals surface area contributed by atoms with E-state index in [9.17, 15) is 15.3 Å². The summed E-state index contributed by atoms with van der Waals surface area (Å²) in [5.41, 5.74) is 0. The highest BCUT2D eigenvalue weighted by molar-refractivity contribution is 4.86. The fourth-order valence-electron chi connectivity index (χ4n) is 1.61. The molecule has 4 heteroatoms. The van der Waals surface area contributed by atoms with Crippen LogP contribution in [0.15, 0.2) is 0 Å². The molecule has 0 aliphatic heterocycles. The molecule has 0 spiro atoms. The molecule has 1 aliphatic carbocycles. The van der Waals surface area contributed by atoms with E-state index < -0.39 is 24.4 Å². The molecule has 0 bridgehead atoms. The van der Waals surface area contributed by atoms with Crippen molar-refractivity contribution in [3.63, 3.8) is 0 Å². The fourth-order valence-corrected chi connectivity index (χ4v) is 1.61. The van der Waals surface area contributed by atoms with Crippen LogP contribution in [-0.4, -0.2) is 46.3 Å². The van der Waals surface area contributed by atoms with E-state index in [1.54, 1.807) is 0 Å². The van der Waals surface area contributed by atoms with E-state index in [1.807, 2.05) is 6.92 Å². The van der Waals surface area contributed by atoms with Crippen LogP contribution in [-0.2, 0) is 4.74 Å². The number of aliphatic hydroxyl groups excluding tert-OH is 3. The van der Waals surface area contributed by atoms with Gasteiger partial charge in [0.1, 0.15) is 6.10 Å². The van der Waals surface area contributed by atoms with E-state index in [0.717, 1.165) is 6.42 Å². The summed E-state index contributed by atoms with van der Waals surface area (Å²) < 4.78 is 5.32. The first-order chi connectivity index (χ1) is 6.15. The van der Waals surface area contributed by atoms with Gasteiger partial charge in [-0.1, -0.05) is 6.92 Å². The van der Waals surface area contributed by atoms with Crippen molar-refractivity contribution in [3.05, 3.63) is 0 Å². The van der Waals surface area contributed by atoms with Crippen LogP contribution in [0.25, 0.3) is 0 Å². The maximum atomic E-state index is 9.50. The van der Waals surface area contributed by atoms with E-state index in [0.29, 0.717) is 13.0 Å². The lowest BCUT2D eigenvalue weighted by atomic mass is 9.90. The number of hydrogen-bond acceptors (Lipinski definition) is 4. The van der Waals surface area contributed by atoms with Crippen LogP contribution in [0, 0.1) is 0 Å². The Hall–Kier alpha value is -0.160. The average molecular weight is 190 g/mol. The minimum absolute atomic E-state index is 0.243. The second-order valence-corrected chi connectivity index (χ2v) is 3.59. The van der Waals surface area contributed by atoms with E-state index in [1.165, 1.54) is 0 Å². The van der Waals surface area contributed by atoms with Crippen LogP contribution in [0.5, 0.6) is 0 Å². The largest absolute Gasteiger partial charge is 0.393 e. The Balaban J connectivity index is 2.41. The van der Waals surface area contributed by atoms with Gasteiger partial charge < -0.3 is 20.1 Å². The van der Waals surface area contributed by atoms with E-state index in [4.69, 9.17) is 4.74 Å². The van der Waals surface area contributed by atoms with Gasteiger partial charge in [0.25, 0.3) is 0 Å². The summed E-state index contributed by atoms with van der Waals surface area (Å²) in [5, 5.41) is 28.1. The molecule has 1 aliphatic rings. The third-order valence-corrected chi connectivity index (χ3v) is 2.33. The molecule has 4 atom stereocenters. The van der Waals surface area contributed by atoms with Gasteiger partial charge in [-0.15, -0.1) is 0 Å². The minimum Gasteiger partial charge on any atom is -0.393 e. The third-order valence-electron chi connectivity index (χ3n) is 2.33. The zero-order valence-corrected chi connectivity index (χ0v) is 7.89. The SMILES string of the molecule is CCCO[C@@H]1C[C@H](O)C[C@@H](O)[C@H]1O. The lowest BCUT2D eigenvalue weighted by Gasteiger charge is -2.34. The van der Waals surface area contributed by atoms with E-state index in [-0.39, 0.29) is 6.42 Å². The summed E-state index contributed by atoms with van der Waals surface area (Å²) >= 11 is 0. The first-order valence-electron chi connectivity index (χ1n) is 4.81. The first-order valence-corrected chi connectivity index (χ1v) is 4.81. The Morgan fingerprint density at radius 1 is 1.23 bits per heavy atom. The smallest absolute Gasteiger partial charge is 0.106 e. The van der Waals surface area contributed by atoms with Crippen LogP contribution in [0.1, 0.15) is 26.2 Å². The first kappa shape index (κ1) is 10.9. The van der Waals surface area contributed by atoms with Gasteiger partial charge in [-0.25, -0.2) is 0 Å². The zero-order valence-electron chi connectivity index (χ0n) is 7.89. The highest BCUT2D eigenvalue weighted by atomic mass is 16.5. The molecular weight excluding hydrogens is 172 g/mol. The van der Waals surface area contributed by atoms with Crippen LogP contribution in [0.3, 0.4) is 0 Å². The summed E-state index contributed by atoms with van der Waals surface area (Å²) in [7, 11) is 0. The molecule has 0 saturated heterocycles. The second-order valence-electron chi connectivity index (χ2n) is 3.59. The summed E-state index contributed by atoms with van der Waals surface area (Å²) in [5.74, 6) is 0. The second kappa shape index (κ2) is 4.91. The molecule has 0 heterocycles. The molecule has 1 saturated carbocycles. The van der Waals surface area contributed by atoms with Crippen molar-refractivity contribution in [3.8, 4) is 0 Å². The van der Waals surface area contributed by atoms with Crippen molar-refractivity contribution in [1.82, 2.24) is 0 Å².